The van der Waals surface area contributed by atoms with Crippen molar-refractivity contribution in [2.45, 2.75) is 77.6 Å². The predicted molar refractivity (Wildman–Crippen MR) is 109 cm³/mol. The summed E-state index contributed by atoms with van der Waals surface area (Å²) in [6.07, 6.45) is 11.4. The van der Waals surface area contributed by atoms with Crippen LogP contribution in [0.3, 0.4) is 0 Å². The van der Waals surface area contributed by atoms with Crippen molar-refractivity contribution in [3.63, 3.8) is 0 Å². The topological polar surface area (TPSA) is 26.3 Å². The van der Waals surface area contributed by atoms with E-state index in [2.05, 4.69) is 31.2 Å². The van der Waals surface area contributed by atoms with Crippen LogP contribution in [-0.4, -0.2) is 5.97 Å². The fourth-order valence-corrected chi connectivity index (χ4v) is 4.23. The molecule has 0 radical (unpaired) electrons. The second-order valence-corrected chi connectivity index (χ2v) is 7.81. The average molecular weight is 353 g/mol. The van der Waals surface area contributed by atoms with E-state index in [-0.39, 0.29) is 5.97 Å². The number of carbonyl (C=O) groups excluding carboxylic acids is 1. The fourth-order valence-electron chi connectivity index (χ4n) is 4.23. The number of rotatable bonds is 7. The number of esters is 1. The maximum Gasteiger partial charge on any atom is 0.310 e. The second-order valence-electron chi connectivity index (χ2n) is 7.81. The molecule has 26 heavy (non-hydrogen) atoms. The zero-order valence-electron chi connectivity index (χ0n) is 16.3. The summed E-state index contributed by atoms with van der Waals surface area (Å²) in [5, 5.41) is 2.38. The maximum atomic E-state index is 11.5. The molecule has 0 unspecified atom stereocenters. The van der Waals surface area contributed by atoms with Crippen molar-refractivity contribution in [1.29, 1.82) is 0 Å². The third-order valence-electron chi connectivity index (χ3n) is 5.89. The van der Waals surface area contributed by atoms with Gasteiger partial charge in [0, 0.05) is 6.42 Å². The summed E-state index contributed by atoms with van der Waals surface area (Å²) in [5.41, 5.74) is 1.47. The van der Waals surface area contributed by atoms with E-state index in [1.165, 1.54) is 62.3 Å². The molecule has 0 amide bonds. The highest BCUT2D eigenvalue weighted by atomic mass is 16.5. The minimum absolute atomic E-state index is 0.184. The molecule has 3 rings (SSSR count). The molecule has 2 nitrogen and oxygen atoms in total. The third-order valence-corrected chi connectivity index (χ3v) is 5.89. The van der Waals surface area contributed by atoms with E-state index in [1.807, 2.05) is 19.1 Å². The first kappa shape index (κ1) is 18.9. The molecule has 1 fully saturated rings. The van der Waals surface area contributed by atoms with E-state index in [1.54, 1.807) is 0 Å². The Hall–Kier alpha value is -1.83. The Bertz CT molecular complexity index is 726. The Morgan fingerprint density at radius 3 is 2.42 bits per heavy atom. The number of ether oxygens (including phenoxy) is 1. The van der Waals surface area contributed by atoms with E-state index in [9.17, 15) is 4.79 Å². The summed E-state index contributed by atoms with van der Waals surface area (Å²) in [6.45, 7) is 4.10. The van der Waals surface area contributed by atoms with E-state index < -0.39 is 0 Å². The molecule has 0 atom stereocenters. The van der Waals surface area contributed by atoms with Gasteiger partial charge in [-0.05, 0) is 66.0 Å². The lowest BCUT2D eigenvalue weighted by atomic mass is 9.77. The molecule has 1 aliphatic rings. The minimum atomic E-state index is -0.184. The number of hydrogen-bond donors (Lipinski definition) is 0. The van der Waals surface area contributed by atoms with E-state index in [0.717, 1.165) is 11.3 Å². The Morgan fingerprint density at radius 1 is 0.962 bits per heavy atom. The van der Waals surface area contributed by atoms with Gasteiger partial charge in [-0.15, -0.1) is 0 Å². The number of unbranched alkanes of at least 4 members (excludes halogenated alkanes) is 2. The van der Waals surface area contributed by atoms with Gasteiger partial charge in [-0.3, -0.25) is 4.79 Å². The molecule has 0 bridgehead atoms. The summed E-state index contributed by atoms with van der Waals surface area (Å²) < 4.78 is 5.33. The molecule has 1 aliphatic carbocycles. The average Bonchev–Trinajstić information content (AvgIpc) is 2.68. The molecule has 0 aromatic heterocycles. The van der Waals surface area contributed by atoms with Gasteiger partial charge in [0.15, 0.2) is 0 Å². The van der Waals surface area contributed by atoms with Crippen molar-refractivity contribution in [3.8, 4) is 5.75 Å². The number of carbonyl (C=O) groups is 1. The Labute approximate surface area is 157 Å². The highest BCUT2D eigenvalue weighted by Crippen LogP contribution is 2.38. The van der Waals surface area contributed by atoms with Gasteiger partial charge in [-0.1, -0.05) is 63.8 Å². The van der Waals surface area contributed by atoms with Crippen LogP contribution in [0, 0.1) is 5.92 Å². The number of fused-ring (bicyclic) bond motifs is 1. The zero-order chi connectivity index (χ0) is 18.4. The smallest absolute Gasteiger partial charge is 0.310 e. The van der Waals surface area contributed by atoms with Crippen LogP contribution in [0.5, 0.6) is 5.75 Å². The molecule has 2 heteroatoms. The summed E-state index contributed by atoms with van der Waals surface area (Å²) in [7, 11) is 0. The Balaban J connectivity index is 1.62. The molecule has 1 saturated carbocycles. The van der Waals surface area contributed by atoms with Crippen LogP contribution < -0.4 is 4.74 Å². The van der Waals surface area contributed by atoms with Crippen molar-refractivity contribution in [2.24, 2.45) is 5.92 Å². The Morgan fingerprint density at radius 2 is 1.69 bits per heavy atom. The molecule has 140 valence electrons. The summed E-state index contributed by atoms with van der Waals surface area (Å²) in [6, 6.07) is 12.7. The summed E-state index contributed by atoms with van der Waals surface area (Å²) in [4.78, 5) is 11.5. The van der Waals surface area contributed by atoms with E-state index >= 15 is 0 Å². The predicted octanol–water partition coefficient (Wildman–Crippen LogP) is 7.01. The molecule has 0 aliphatic heterocycles. The van der Waals surface area contributed by atoms with Crippen molar-refractivity contribution in [2.75, 3.05) is 0 Å². The van der Waals surface area contributed by atoms with E-state index in [4.69, 9.17) is 4.74 Å². The highest BCUT2D eigenvalue weighted by Gasteiger charge is 2.22. The van der Waals surface area contributed by atoms with Crippen LogP contribution in [0.25, 0.3) is 10.8 Å². The first-order valence-corrected chi connectivity index (χ1v) is 10.4. The largest absolute Gasteiger partial charge is 0.427 e. The molecule has 0 heterocycles. The van der Waals surface area contributed by atoms with E-state index in [0.29, 0.717) is 18.1 Å². The number of benzene rings is 2. The molecular formula is C24H32O2. The quantitative estimate of drug-likeness (QED) is 0.304. The lowest BCUT2D eigenvalue weighted by Gasteiger charge is -2.29. The van der Waals surface area contributed by atoms with Crippen molar-refractivity contribution < 1.29 is 9.53 Å². The second kappa shape index (κ2) is 9.21. The van der Waals surface area contributed by atoms with Crippen molar-refractivity contribution >= 4 is 16.7 Å². The normalized spacial score (nSPS) is 20.2. The van der Waals surface area contributed by atoms with Crippen LogP contribution in [0.4, 0.5) is 0 Å². The van der Waals surface area contributed by atoms with Gasteiger partial charge < -0.3 is 4.74 Å². The van der Waals surface area contributed by atoms with Gasteiger partial charge in [0.1, 0.15) is 5.75 Å². The van der Waals surface area contributed by atoms with Gasteiger partial charge in [-0.2, -0.15) is 0 Å². The zero-order valence-corrected chi connectivity index (χ0v) is 16.3. The van der Waals surface area contributed by atoms with Gasteiger partial charge in [-0.25, -0.2) is 0 Å². The van der Waals surface area contributed by atoms with Gasteiger partial charge in [0.05, 0.1) is 0 Å². The van der Waals surface area contributed by atoms with Gasteiger partial charge in [0.25, 0.3) is 0 Å². The summed E-state index contributed by atoms with van der Waals surface area (Å²) >= 11 is 0. The monoisotopic (exact) mass is 352 g/mol. The van der Waals surface area contributed by atoms with Crippen molar-refractivity contribution in [3.05, 3.63) is 42.0 Å². The fraction of sp³-hybridized carbons (Fsp3) is 0.542. The lowest BCUT2D eigenvalue weighted by Crippen LogP contribution is -2.13. The first-order valence-electron chi connectivity index (χ1n) is 10.4. The third kappa shape index (κ3) is 4.87. The molecule has 2 aromatic carbocycles. The summed E-state index contributed by atoms with van der Waals surface area (Å²) in [5.74, 6) is 2.12. The van der Waals surface area contributed by atoms with Crippen LogP contribution in [0.2, 0.25) is 0 Å². The SMILES string of the molecule is CCCCCC1CCC(c2ccc3cc(OC(=O)CC)ccc3c2)CC1. The van der Waals surface area contributed by atoms with Crippen LogP contribution in [0.15, 0.2) is 36.4 Å². The van der Waals surface area contributed by atoms with Gasteiger partial charge in [0.2, 0.25) is 0 Å². The van der Waals surface area contributed by atoms with Gasteiger partial charge >= 0.3 is 5.97 Å². The Kier molecular flexibility index (Phi) is 6.71. The van der Waals surface area contributed by atoms with Crippen LogP contribution in [0.1, 0.15) is 83.1 Å². The number of hydrogen-bond acceptors (Lipinski definition) is 2. The lowest BCUT2D eigenvalue weighted by molar-refractivity contribution is -0.134. The standard InChI is InChI=1S/C24H32O2/c1-3-5-6-7-18-8-10-19(11-9-18)20-12-13-22-17-23(26-24(25)4-2)15-14-21(22)16-20/h12-19H,3-11H2,1-2H3. The minimum Gasteiger partial charge on any atom is -0.427 e. The molecule has 0 spiro atoms. The van der Waals surface area contributed by atoms with Crippen molar-refractivity contribution in [1.82, 2.24) is 0 Å². The molecule has 2 aromatic rings. The van der Waals surface area contributed by atoms with Crippen LogP contribution >= 0.6 is 0 Å². The van der Waals surface area contributed by atoms with Crippen LogP contribution in [-0.2, 0) is 4.79 Å². The maximum absolute atomic E-state index is 11.5. The molecule has 0 saturated heterocycles. The highest BCUT2D eigenvalue weighted by molar-refractivity contribution is 5.85. The molecular weight excluding hydrogens is 320 g/mol. The first-order chi connectivity index (χ1) is 12.7. The molecule has 0 N–H and O–H groups in total.